The second-order valence-electron chi connectivity index (χ2n) is 5.33. The van der Waals surface area contributed by atoms with Gasteiger partial charge in [0, 0.05) is 17.1 Å². The van der Waals surface area contributed by atoms with Gasteiger partial charge < -0.3 is 5.32 Å². The molecular weight excluding hydrogens is 402 g/mol. The lowest BCUT2D eigenvalue weighted by Gasteiger charge is -2.08. The quantitative estimate of drug-likeness (QED) is 0.455. The lowest BCUT2D eigenvalue weighted by atomic mass is 10.2. The number of anilines is 1. The number of carbonyl (C=O) groups excluding carboxylic acids is 1. The molecule has 1 N–H and O–H groups in total. The number of thioether (sulfide) groups is 1. The van der Waals surface area contributed by atoms with Gasteiger partial charge in [-0.25, -0.2) is 0 Å². The Morgan fingerprint density at radius 2 is 2.30 bits per heavy atom. The van der Waals surface area contributed by atoms with E-state index in [4.69, 9.17) is 16.9 Å². The van der Waals surface area contributed by atoms with Gasteiger partial charge in [-0.05, 0) is 23.6 Å². The summed E-state index contributed by atoms with van der Waals surface area (Å²) < 4.78 is 1.88. The summed E-state index contributed by atoms with van der Waals surface area (Å²) in [5.74, 6) is 0.592. The highest BCUT2D eigenvalue weighted by Gasteiger charge is 2.16. The largest absolute Gasteiger partial charge is 0.316 e. The van der Waals surface area contributed by atoms with Crippen molar-refractivity contribution in [2.24, 2.45) is 0 Å². The van der Waals surface area contributed by atoms with Crippen molar-refractivity contribution in [2.45, 2.75) is 11.7 Å². The van der Waals surface area contributed by atoms with Crippen molar-refractivity contribution in [1.29, 1.82) is 5.26 Å². The van der Waals surface area contributed by atoms with Gasteiger partial charge in [-0.3, -0.25) is 9.36 Å². The number of hydrogen-bond acceptors (Lipinski definition) is 6. The van der Waals surface area contributed by atoms with Crippen LogP contribution in [0.5, 0.6) is 0 Å². The minimum atomic E-state index is -0.212. The molecule has 3 rings (SSSR count). The van der Waals surface area contributed by atoms with Crippen molar-refractivity contribution in [2.75, 3.05) is 11.1 Å². The molecule has 0 radical (unpaired) electrons. The SMILES string of the molecule is C=CCn1c(SCC(=O)Nc2sccc2C#N)nnc1-c1cccc(Cl)c1. The molecule has 0 saturated carbocycles. The van der Waals surface area contributed by atoms with Gasteiger partial charge in [0.05, 0.1) is 11.3 Å². The third-order valence-electron chi connectivity index (χ3n) is 3.48. The Bertz CT molecular complexity index is 1020. The molecule has 0 fully saturated rings. The van der Waals surface area contributed by atoms with Crippen LogP contribution in [0, 0.1) is 11.3 Å². The molecular formula is C18H14ClN5OS2. The number of halogens is 1. The minimum Gasteiger partial charge on any atom is -0.316 e. The molecule has 6 nitrogen and oxygen atoms in total. The van der Waals surface area contributed by atoms with Crippen molar-refractivity contribution < 1.29 is 4.79 Å². The van der Waals surface area contributed by atoms with Crippen molar-refractivity contribution in [1.82, 2.24) is 14.8 Å². The van der Waals surface area contributed by atoms with E-state index in [1.54, 1.807) is 23.6 Å². The Kier molecular flexibility index (Phi) is 6.29. The first kappa shape index (κ1) is 19.2. The second-order valence-corrected chi connectivity index (χ2v) is 7.62. The van der Waals surface area contributed by atoms with Crippen molar-refractivity contribution in [3.63, 3.8) is 0 Å². The van der Waals surface area contributed by atoms with E-state index in [1.165, 1.54) is 23.1 Å². The zero-order valence-electron chi connectivity index (χ0n) is 14.1. The van der Waals surface area contributed by atoms with Gasteiger partial charge in [-0.15, -0.1) is 28.1 Å². The highest BCUT2D eigenvalue weighted by molar-refractivity contribution is 7.99. The van der Waals surface area contributed by atoms with Crippen molar-refractivity contribution in [3.05, 3.63) is 59.0 Å². The number of amides is 1. The van der Waals surface area contributed by atoms with Crippen LogP contribution in [0.25, 0.3) is 11.4 Å². The first-order valence-electron chi connectivity index (χ1n) is 7.82. The molecule has 9 heteroatoms. The van der Waals surface area contributed by atoms with E-state index in [2.05, 4.69) is 22.1 Å². The van der Waals surface area contributed by atoms with Crippen LogP contribution in [-0.4, -0.2) is 26.4 Å². The first-order chi connectivity index (χ1) is 13.1. The van der Waals surface area contributed by atoms with Crippen LogP contribution < -0.4 is 5.32 Å². The standard InChI is InChI=1S/C18H14ClN5OS2/c1-2-7-24-16(12-4-3-5-14(19)9-12)22-23-18(24)27-11-15(25)21-17-13(10-20)6-8-26-17/h2-6,8-9H,1,7,11H2,(H,21,25). The molecule has 0 aliphatic rings. The van der Waals surface area contributed by atoms with E-state index in [0.29, 0.717) is 33.1 Å². The number of carbonyl (C=O) groups is 1. The van der Waals surface area contributed by atoms with Crippen LogP contribution in [0.3, 0.4) is 0 Å². The molecule has 27 heavy (non-hydrogen) atoms. The van der Waals surface area contributed by atoms with Crippen LogP contribution in [0.4, 0.5) is 5.00 Å². The van der Waals surface area contributed by atoms with E-state index in [0.717, 1.165) is 5.56 Å². The highest BCUT2D eigenvalue weighted by Crippen LogP contribution is 2.27. The molecule has 1 aromatic carbocycles. The zero-order valence-corrected chi connectivity index (χ0v) is 16.4. The van der Waals surface area contributed by atoms with Gasteiger partial charge >= 0.3 is 0 Å². The molecule has 136 valence electrons. The Labute approximate surface area is 169 Å². The summed E-state index contributed by atoms with van der Waals surface area (Å²) >= 11 is 8.65. The number of aromatic nitrogens is 3. The van der Waals surface area contributed by atoms with Crippen LogP contribution in [-0.2, 0) is 11.3 Å². The maximum atomic E-state index is 12.2. The number of rotatable bonds is 7. The predicted octanol–water partition coefficient (Wildman–Crippen LogP) is 4.45. The fraction of sp³-hybridized carbons (Fsp3) is 0.111. The van der Waals surface area contributed by atoms with E-state index < -0.39 is 0 Å². The summed E-state index contributed by atoms with van der Waals surface area (Å²) in [6, 6.07) is 11.1. The van der Waals surface area contributed by atoms with Crippen LogP contribution >= 0.6 is 34.7 Å². The maximum Gasteiger partial charge on any atom is 0.235 e. The highest BCUT2D eigenvalue weighted by atomic mass is 35.5. The fourth-order valence-electron chi connectivity index (χ4n) is 2.32. The van der Waals surface area contributed by atoms with Gasteiger partial charge in [0.25, 0.3) is 0 Å². The van der Waals surface area contributed by atoms with Crippen LogP contribution in [0.15, 0.2) is 53.5 Å². The predicted molar refractivity (Wildman–Crippen MR) is 109 cm³/mol. The van der Waals surface area contributed by atoms with Gasteiger partial charge in [0.15, 0.2) is 11.0 Å². The Hall–Kier alpha value is -2.60. The van der Waals surface area contributed by atoms with Gasteiger partial charge in [0.1, 0.15) is 11.1 Å². The Balaban J connectivity index is 1.74. The molecule has 0 atom stereocenters. The van der Waals surface area contributed by atoms with Gasteiger partial charge in [-0.1, -0.05) is 41.6 Å². The molecule has 0 aliphatic carbocycles. The summed E-state index contributed by atoms with van der Waals surface area (Å²) in [4.78, 5) is 12.2. The summed E-state index contributed by atoms with van der Waals surface area (Å²) in [6.07, 6.45) is 1.74. The lowest BCUT2D eigenvalue weighted by Crippen LogP contribution is -2.14. The molecule has 0 spiro atoms. The molecule has 0 bridgehead atoms. The third kappa shape index (κ3) is 4.57. The molecule has 0 aliphatic heterocycles. The van der Waals surface area contributed by atoms with E-state index in [-0.39, 0.29) is 11.7 Å². The number of thiophene rings is 1. The Morgan fingerprint density at radius 1 is 1.44 bits per heavy atom. The fourth-order valence-corrected chi connectivity index (χ4v) is 4.01. The average Bonchev–Trinajstić information content (AvgIpc) is 3.27. The van der Waals surface area contributed by atoms with Crippen molar-refractivity contribution in [3.8, 4) is 17.5 Å². The second kappa shape index (κ2) is 8.86. The minimum absolute atomic E-state index is 0.146. The lowest BCUT2D eigenvalue weighted by molar-refractivity contribution is -0.113. The molecule has 2 aromatic heterocycles. The maximum absolute atomic E-state index is 12.2. The molecule has 1 amide bonds. The summed E-state index contributed by atoms with van der Waals surface area (Å²) in [5.41, 5.74) is 1.29. The van der Waals surface area contributed by atoms with E-state index in [9.17, 15) is 4.79 Å². The number of nitrogens with zero attached hydrogens (tertiary/aromatic N) is 4. The van der Waals surface area contributed by atoms with Crippen molar-refractivity contribution >= 4 is 45.6 Å². The molecule has 0 saturated heterocycles. The molecule has 2 heterocycles. The Morgan fingerprint density at radius 3 is 3.04 bits per heavy atom. The van der Waals surface area contributed by atoms with Crippen LogP contribution in [0.2, 0.25) is 5.02 Å². The average molecular weight is 416 g/mol. The summed E-state index contributed by atoms with van der Waals surface area (Å²) in [5, 5.41) is 23.7. The monoisotopic (exact) mass is 415 g/mol. The van der Waals surface area contributed by atoms with E-state index >= 15 is 0 Å². The number of nitriles is 1. The number of allylic oxidation sites excluding steroid dienone is 1. The normalized spacial score (nSPS) is 10.4. The van der Waals surface area contributed by atoms with Crippen LogP contribution in [0.1, 0.15) is 5.56 Å². The first-order valence-corrected chi connectivity index (χ1v) is 10.1. The number of benzene rings is 1. The third-order valence-corrected chi connectivity index (χ3v) is 5.51. The topological polar surface area (TPSA) is 83.6 Å². The number of hydrogen-bond donors (Lipinski definition) is 1. The van der Waals surface area contributed by atoms with E-state index in [1.807, 2.05) is 28.8 Å². The summed E-state index contributed by atoms with van der Waals surface area (Å²) in [7, 11) is 0. The van der Waals surface area contributed by atoms with Gasteiger partial charge in [0.2, 0.25) is 5.91 Å². The smallest absolute Gasteiger partial charge is 0.235 e. The number of nitrogens with one attached hydrogen (secondary N) is 1. The van der Waals surface area contributed by atoms with Gasteiger partial charge in [-0.2, -0.15) is 5.26 Å². The molecule has 0 unspecified atom stereocenters. The summed E-state index contributed by atoms with van der Waals surface area (Å²) in [6.45, 7) is 4.28. The molecule has 3 aromatic rings. The zero-order chi connectivity index (χ0) is 19.2.